The molecule has 0 N–H and O–H groups in total. The zero-order chi connectivity index (χ0) is 2.71. The SMILES string of the molecule is C#[C][Sn].Cl.Cl.Cl. The van der Waals surface area contributed by atoms with E-state index in [4.69, 9.17) is 0 Å². The van der Waals surface area contributed by atoms with Crippen molar-refractivity contribution in [2.45, 2.75) is 0 Å². The summed E-state index contributed by atoms with van der Waals surface area (Å²) < 4.78 is 2.34. The predicted octanol–water partition coefficient (Wildman–Crippen LogP) is 1.01. The summed E-state index contributed by atoms with van der Waals surface area (Å²) in [6, 6.07) is 0. The van der Waals surface area contributed by atoms with Gasteiger partial charge in [0, 0.05) is 0 Å². The molecule has 0 aliphatic carbocycles. The number of terminal acetylenes is 1. The van der Waals surface area contributed by atoms with Gasteiger partial charge in [-0.15, -0.1) is 37.2 Å². The largest absolute Gasteiger partial charge is 0.147 e. The summed E-state index contributed by atoms with van der Waals surface area (Å²) in [5.74, 6) is 0. The molecule has 0 saturated heterocycles. The molecule has 4 heteroatoms. The van der Waals surface area contributed by atoms with E-state index in [0.717, 1.165) is 22.5 Å². The Hall–Kier alpha value is 1.23. The molecule has 0 saturated carbocycles. The monoisotopic (exact) mass is 253 g/mol. The first-order valence-corrected chi connectivity index (χ1v) is 1.97. The third-order valence-corrected chi connectivity index (χ3v) is 0. The standard InChI is InChI=1S/C2H.3ClH.Sn/c1-2;;;;/h1H;3*1H;. The van der Waals surface area contributed by atoms with Crippen LogP contribution in [0.3, 0.4) is 0 Å². The van der Waals surface area contributed by atoms with Gasteiger partial charge in [0.1, 0.15) is 0 Å². The Morgan fingerprint density at radius 1 is 1.17 bits per heavy atom. The molecule has 0 aliphatic heterocycles. The van der Waals surface area contributed by atoms with E-state index < -0.39 is 0 Å². The maximum Gasteiger partial charge on any atom is -0.147 e. The molecule has 0 aliphatic rings. The molecule has 0 nitrogen and oxygen atoms in total. The van der Waals surface area contributed by atoms with Crippen molar-refractivity contribution >= 4 is 59.7 Å². The van der Waals surface area contributed by atoms with E-state index in [9.17, 15) is 0 Å². The van der Waals surface area contributed by atoms with Crippen molar-refractivity contribution in [1.82, 2.24) is 0 Å². The van der Waals surface area contributed by atoms with Gasteiger partial charge in [0.25, 0.3) is 0 Å². The van der Waals surface area contributed by atoms with E-state index in [2.05, 4.69) is 10.4 Å². The quantitative estimate of drug-likeness (QED) is 0.446. The van der Waals surface area contributed by atoms with Gasteiger partial charge in [-0.25, -0.2) is 0 Å². The minimum atomic E-state index is 0. The van der Waals surface area contributed by atoms with Gasteiger partial charge in [-0.3, -0.25) is 0 Å². The second-order valence-electron chi connectivity index (χ2n) is 0.144. The molecule has 0 atom stereocenters. The first kappa shape index (κ1) is 26.9. The smallest absolute Gasteiger partial charge is 0.147 e. The van der Waals surface area contributed by atoms with Crippen LogP contribution in [0.15, 0.2) is 0 Å². The van der Waals surface area contributed by atoms with Crippen LogP contribution in [0, 0.1) is 10.4 Å². The Balaban J connectivity index is -0.00000000667. The molecule has 0 fully saturated rings. The Kier molecular flexibility index (Phi) is 154. The van der Waals surface area contributed by atoms with Crippen LogP contribution in [-0.4, -0.2) is 22.5 Å². The minimum Gasteiger partial charge on any atom is -0.147 e. The first-order valence-electron chi connectivity index (χ1n) is 0.539. The molecule has 0 bridgehead atoms. The molecule has 6 heavy (non-hydrogen) atoms. The van der Waals surface area contributed by atoms with Crippen LogP contribution in [0.1, 0.15) is 0 Å². The second-order valence-corrected chi connectivity index (χ2v) is 0.968. The summed E-state index contributed by atoms with van der Waals surface area (Å²) >= 11 is 1.16. The zero-order valence-corrected chi connectivity index (χ0v) is 8.11. The molecule has 0 aromatic carbocycles. The summed E-state index contributed by atoms with van der Waals surface area (Å²) in [7, 11) is 0. The molecule has 0 heterocycles. The van der Waals surface area contributed by atoms with Gasteiger partial charge in [0.15, 0.2) is 0 Å². The number of rotatable bonds is 0. The topological polar surface area (TPSA) is 0 Å². The molecule has 0 aromatic heterocycles. The van der Waals surface area contributed by atoms with Crippen LogP contribution in [0.5, 0.6) is 0 Å². The van der Waals surface area contributed by atoms with E-state index in [0.29, 0.717) is 0 Å². The Morgan fingerprint density at radius 3 is 1.17 bits per heavy atom. The third-order valence-electron chi connectivity index (χ3n) is 0. The summed E-state index contributed by atoms with van der Waals surface area (Å²) in [5, 5.41) is 0. The Labute approximate surface area is 69.8 Å². The van der Waals surface area contributed by atoms with E-state index in [1.165, 1.54) is 0 Å². The van der Waals surface area contributed by atoms with Crippen molar-refractivity contribution in [3.05, 3.63) is 0 Å². The molecule has 0 unspecified atom stereocenters. The maximum absolute atomic E-state index is 4.64. The molecule has 0 spiro atoms. The van der Waals surface area contributed by atoms with Gasteiger partial charge in [-0.1, -0.05) is 0 Å². The van der Waals surface area contributed by atoms with E-state index in [1.54, 1.807) is 0 Å². The molecule has 3 radical (unpaired) electrons. The van der Waals surface area contributed by atoms with Gasteiger partial charge < -0.3 is 0 Å². The van der Waals surface area contributed by atoms with Crippen molar-refractivity contribution < 1.29 is 0 Å². The summed E-state index contributed by atoms with van der Waals surface area (Å²) in [5.41, 5.74) is 0. The van der Waals surface area contributed by atoms with Gasteiger partial charge in [-0.2, -0.15) is 0 Å². The van der Waals surface area contributed by atoms with Crippen molar-refractivity contribution in [1.29, 1.82) is 0 Å². The number of halogens is 3. The second kappa shape index (κ2) is 34.3. The van der Waals surface area contributed by atoms with E-state index in [1.807, 2.05) is 0 Å². The molecular weight excluding hydrogens is 249 g/mol. The molecule has 37 valence electrons. The Morgan fingerprint density at radius 2 is 1.17 bits per heavy atom. The fraction of sp³-hybridized carbons (Fsp3) is 0. The minimum absolute atomic E-state index is 0. The molecule has 0 rings (SSSR count). The van der Waals surface area contributed by atoms with Crippen molar-refractivity contribution in [3.8, 4) is 10.4 Å². The number of hydrogen-bond donors (Lipinski definition) is 0. The zero-order valence-electron chi connectivity index (χ0n) is 2.80. The van der Waals surface area contributed by atoms with Crippen LogP contribution in [-0.2, 0) is 0 Å². The third kappa shape index (κ3) is 61.9. The van der Waals surface area contributed by atoms with Crippen LogP contribution in [0.4, 0.5) is 0 Å². The van der Waals surface area contributed by atoms with Crippen LogP contribution in [0.2, 0.25) is 0 Å². The Bertz CT molecular complexity index is 30.3. The summed E-state index contributed by atoms with van der Waals surface area (Å²) in [6.45, 7) is 0. The van der Waals surface area contributed by atoms with Gasteiger partial charge in [0.2, 0.25) is 0 Å². The van der Waals surface area contributed by atoms with Crippen molar-refractivity contribution in [2.75, 3.05) is 0 Å². The molecular formula is C2H4Cl3Sn. The van der Waals surface area contributed by atoms with E-state index in [-0.39, 0.29) is 37.2 Å². The van der Waals surface area contributed by atoms with Gasteiger partial charge in [-0.05, 0) is 0 Å². The maximum atomic E-state index is 4.64. The predicted molar refractivity (Wildman–Crippen MR) is 36.3 cm³/mol. The van der Waals surface area contributed by atoms with Crippen LogP contribution in [0.25, 0.3) is 0 Å². The van der Waals surface area contributed by atoms with Crippen LogP contribution >= 0.6 is 37.2 Å². The fourth-order valence-electron chi connectivity index (χ4n) is 0. The van der Waals surface area contributed by atoms with Crippen LogP contribution < -0.4 is 0 Å². The summed E-state index contributed by atoms with van der Waals surface area (Å²) in [4.78, 5) is 0. The normalized spacial score (nSPS) is 1.33. The van der Waals surface area contributed by atoms with E-state index >= 15 is 0 Å². The average Bonchev–Trinajstić information content (AvgIpc) is 0.918. The molecule has 0 aromatic rings. The van der Waals surface area contributed by atoms with Crippen molar-refractivity contribution in [2.24, 2.45) is 0 Å². The number of hydrogen-bond acceptors (Lipinski definition) is 0. The summed E-state index contributed by atoms with van der Waals surface area (Å²) in [6.07, 6.45) is 4.64. The first-order chi connectivity index (χ1) is 1.41. The average molecular weight is 253 g/mol. The van der Waals surface area contributed by atoms with Crippen molar-refractivity contribution in [3.63, 3.8) is 0 Å². The fourth-order valence-corrected chi connectivity index (χ4v) is 0. The van der Waals surface area contributed by atoms with Gasteiger partial charge in [0.05, 0.1) is 0 Å². The molecule has 0 amide bonds. The van der Waals surface area contributed by atoms with Gasteiger partial charge >= 0.3 is 32.9 Å².